The molecule has 170 valence electrons. The number of aryl methyl sites for hydroxylation is 1. The molecule has 0 spiro atoms. The lowest BCUT2D eigenvalue weighted by Gasteiger charge is -2.12. The zero-order chi connectivity index (χ0) is 23.8. The van der Waals surface area contributed by atoms with E-state index < -0.39 is 25.2 Å². The molecule has 0 aliphatic heterocycles. The number of alkyl halides is 3. The SMILES string of the molecule is CCn1c(C=Cc2ccc(N(C)C)c([N+](=O)[O-])c2)nc2cc(S(=O)(=O)C(F)(F)F)ccc21. The number of rotatable bonds is 6. The first-order valence-corrected chi connectivity index (χ1v) is 10.8. The zero-order valence-electron chi connectivity index (χ0n) is 17.3. The molecule has 32 heavy (non-hydrogen) atoms. The van der Waals surface area contributed by atoms with Crippen LogP contribution >= 0.6 is 0 Å². The highest BCUT2D eigenvalue weighted by atomic mass is 32.2. The van der Waals surface area contributed by atoms with Crippen molar-refractivity contribution < 1.29 is 26.5 Å². The molecule has 0 saturated carbocycles. The lowest BCUT2D eigenvalue weighted by Crippen LogP contribution is -2.23. The van der Waals surface area contributed by atoms with Crippen LogP contribution in [0.3, 0.4) is 0 Å². The van der Waals surface area contributed by atoms with E-state index in [0.717, 1.165) is 12.1 Å². The van der Waals surface area contributed by atoms with Crippen molar-refractivity contribution in [2.45, 2.75) is 23.9 Å². The van der Waals surface area contributed by atoms with E-state index in [-0.39, 0.29) is 11.2 Å². The largest absolute Gasteiger partial charge is 0.501 e. The molecule has 3 aromatic rings. The minimum absolute atomic E-state index is 0.0804. The van der Waals surface area contributed by atoms with Crippen LogP contribution in [0.4, 0.5) is 24.5 Å². The van der Waals surface area contributed by atoms with Gasteiger partial charge >= 0.3 is 5.51 Å². The van der Waals surface area contributed by atoms with Gasteiger partial charge in [-0.3, -0.25) is 10.1 Å². The maximum absolute atomic E-state index is 12.9. The summed E-state index contributed by atoms with van der Waals surface area (Å²) in [5.41, 5.74) is -3.98. The molecular formula is C20H19F3N4O4S. The highest BCUT2D eigenvalue weighted by molar-refractivity contribution is 7.92. The lowest BCUT2D eigenvalue weighted by molar-refractivity contribution is -0.384. The van der Waals surface area contributed by atoms with E-state index in [1.165, 1.54) is 12.1 Å². The number of benzene rings is 2. The molecule has 0 unspecified atom stereocenters. The van der Waals surface area contributed by atoms with Crippen molar-refractivity contribution in [3.05, 3.63) is 57.9 Å². The van der Waals surface area contributed by atoms with E-state index in [2.05, 4.69) is 4.98 Å². The molecule has 0 radical (unpaired) electrons. The van der Waals surface area contributed by atoms with Crippen molar-refractivity contribution >= 4 is 44.4 Å². The molecule has 1 aromatic heterocycles. The molecule has 0 aliphatic rings. The maximum atomic E-state index is 12.9. The van der Waals surface area contributed by atoms with Gasteiger partial charge in [-0.2, -0.15) is 13.2 Å². The summed E-state index contributed by atoms with van der Waals surface area (Å²) in [5.74, 6) is 0.364. The van der Waals surface area contributed by atoms with Crippen molar-refractivity contribution in [1.82, 2.24) is 9.55 Å². The fourth-order valence-corrected chi connectivity index (χ4v) is 4.01. The zero-order valence-corrected chi connectivity index (χ0v) is 18.1. The predicted molar refractivity (Wildman–Crippen MR) is 115 cm³/mol. The summed E-state index contributed by atoms with van der Waals surface area (Å²) in [6.07, 6.45) is 3.16. The van der Waals surface area contributed by atoms with Crippen LogP contribution in [-0.4, -0.2) is 42.5 Å². The molecule has 0 bridgehead atoms. The molecule has 0 fully saturated rings. The normalized spacial score (nSPS) is 12.6. The third-order valence-corrected chi connectivity index (χ3v) is 6.27. The molecule has 8 nitrogen and oxygen atoms in total. The maximum Gasteiger partial charge on any atom is 0.501 e. The minimum atomic E-state index is -5.49. The van der Waals surface area contributed by atoms with Crippen LogP contribution in [0.2, 0.25) is 0 Å². The highest BCUT2D eigenvalue weighted by Gasteiger charge is 2.47. The number of aromatic nitrogens is 2. The van der Waals surface area contributed by atoms with Crippen molar-refractivity contribution in [1.29, 1.82) is 0 Å². The number of nitrogens with zero attached hydrogens (tertiary/aromatic N) is 4. The Bertz CT molecular complexity index is 1330. The van der Waals surface area contributed by atoms with E-state index in [1.54, 1.807) is 54.8 Å². The second kappa shape index (κ2) is 8.26. The molecule has 0 N–H and O–H groups in total. The molecule has 0 amide bonds. The number of imidazole rings is 1. The fourth-order valence-electron chi connectivity index (χ4n) is 3.23. The number of sulfone groups is 1. The Labute approximate surface area is 181 Å². The fraction of sp³-hybridized carbons (Fsp3) is 0.250. The molecular weight excluding hydrogens is 449 g/mol. The topological polar surface area (TPSA) is 98.3 Å². The molecule has 1 heterocycles. The van der Waals surface area contributed by atoms with Crippen LogP contribution in [0.25, 0.3) is 23.2 Å². The molecule has 2 aromatic carbocycles. The first-order chi connectivity index (χ1) is 14.9. The van der Waals surface area contributed by atoms with Crippen LogP contribution in [0, 0.1) is 10.1 Å². The summed E-state index contributed by atoms with van der Waals surface area (Å²) in [6, 6.07) is 7.76. The van der Waals surface area contributed by atoms with Crippen LogP contribution in [0.15, 0.2) is 41.3 Å². The third-order valence-electron chi connectivity index (χ3n) is 4.78. The second-order valence-electron chi connectivity index (χ2n) is 7.05. The second-order valence-corrected chi connectivity index (χ2v) is 8.99. The average Bonchev–Trinajstić information content (AvgIpc) is 3.07. The molecule has 0 atom stereocenters. The Morgan fingerprint density at radius 2 is 1.84 bits per heavy atom. The van der Waals surface area contributed by atoms with Crippen LogP contribution in [-0.2, 0) is 16.4 Å². The lowest BCUT2D eigenvalue weighted by atomic mass is 10.1. The number of anilines is 1. The van der Waals surface area contributed by atoms with E-state index in [9.17, 15) is 31.7 Å². The van der Waals surface area contributed by atoms with Gasteiger partial charge in [-0.1, -0.05) is 12.1 Å². The van der Waals surface area contributed by atoms with Gasteiger partial charge in [0.25, 0.3) is 15.5 Å². The first-order valence-electron chi connectivity index (χ1n) is 9.32. The summed E-state index contributed by atoms with van der Waals surface area (Å²) in [5, 5.41) is 11.4. The summed E-state index contributed by atoms with van der Waals surface area (Å²) < 4.78 is 63.7. The minimum Gasteiger partial charge on any atom is -0.372 e. The van der Waals surface area contributed by atoms with Gasteiger partial charge in [0.15, 0.2) is 0 Å². The van der Waals surface area contributed by atoms with Crippen LogP contribution in [0.5, 0.6) is 0 Å². The third kappa shape index (κ3) is 4.17. The number of nitro groups is 1. The Morgan fingerprint density at radius 3 is 2.41 bits per heavy atom. The summed E-state index contributed by atoms with van der Waals surface area (Å²) in [4.78, 5) is 15.9. The van der Waals surface area contributed by atoms with Gasteiger partial charge in [-0.25, -0.2) is 13.4 Å². The van der Waals surface area contributed by atoms with Crippen molar-refractivity contribution in [3.8, 4) is 0 Å². The number of hydrogen-bond donors (Lipinski definition) is 0. The van der Waals surface area contributed by atoms with Gasteiger partial charge < -0.3 is 9.47 Å². The van der Waals surface area contributed by atoms with E-state index >= 15 is 0 Å². The van der Waals surface area contributed by atoms with Crippen LogP contribution < -0.4 is 4.90 Å². The van der Waals surface area contributed by atoms with Gasteiger partial charge in [0.05, 0.1) is 20.9 Å². The van der Waals surface area contributed by atoms with Crippen molar-refractivity contribution in [2.75, 3.05) is 19.0 Å². The predicted octanol–water partition coefficient (Wildman–Crippen LogP) is 4.49. The Balaban J connectivity index is 2.05. The number of halogens is 3. The Morgan fingerprint density at radius 1 is 1.16 bits per heavy atom. The monoisotopic (exact) mass is 468 g/mol. The quantitative estimate of drug-likeness (QED) is 0.390. The summed E-state index contributed by atoms with van der Waals surface area (Å²) in [6.45, 7) is 2.22. The van der Waals surface area contributed by atoms with Crippen LogP contribution in [0.1, 0.15) is 18.3 Å². The molecule has 12 heteroatoms. The van der Waals surface area contributed by atoms with E-state index in [4.69, 9.17) is 0 Å². The molecule has 0 aliphatic carbocycles. The summed E-state index contributed by atoms with van der Waals surface area (Å²) in [7, 11) is -2.11. The van der Waals surface area contributed by atoms with Crippen molar-refractivity contribution in [3.63, 3.8) is 0 Å². The van der Waals surface area contributed by atoms with Crippen molar-refractivity contribution in [2.24, 2.45) is 0 Å². The van der Waals surface area contributed by atoms with Gasteiger partial charge in [-0.05, 0) is 42.8 Å². The average molecular weight is 468 g/mol. The molecule has 3 rings (SSSR count). The Kier molecular flexibility index (Phi) is 6.00. The smallest absolute Gasteiger partial charge is 0.372 e. The number of fused-ring (bicyclic) bond motifs is 1. The summed E-state index contributed by atoms with van der Waals surface area (Å²) >= 11 is 0. The standard InChI is InChI=1S/C20H19F3N4O4S/c1-4-26-16-9-7-14(32(30,31)20(21,22)23)12-15(16)24-19(26)10-6-13-5-8-17(25(2)3)18(11-13)27(28)29/h5-12H,4H2,1-3H3. The number of hydrogen-bond acceptors (Lipinski definition) is 6. The molecule has 0 saturated heterocycles. The van der Waals surface area contributed by atoms with E-state index in [0.29, 0.717) is 29.1 Å². The Hall–Kier alpha value is -3.41. The number of nitro benzene ring substituents is 1. The first kappa shape index (κ1) is 23.3. The van der Waals surface area contributed by atoms with Gasteiger partial charge in [-0.15, -0.1) is 0 Å². The van der Waals surface area contributed by atoms with Gasteiger partial charge in [0.2, 0.25) is 0 Å². The highest BCUT2D eigenvalue weighted by Crippen LogP contribution is 2.32. The van der Waals surface area contributed by atoms with E-state index in [1.807, 2.05) is 0 Å². The van der Waals surface area contributed by atoms with Gasteiger partial charge in [0.1, 0.15) is 11.5 Å². The van der Waals surface area contributed by atoms with Gasteiger partial charge in [0, 0.05) is 26.7 Å².